The van der Waals surface area contributed by atoms with Crippen LogP contribution < -0.4 is 4.80 Å². The summed E-state index contributed by atoms with van der Waals surface area (Å²) < 4.78 is 7.76. The van der Waals surface area contributed by atoms with Gasteiger partial charge < -0.3 is 9.30 Å². The zero-order valence-electron chi connectivity index (χ0n) is 13.8. The molecule has 0 radical (unpaired) electrons. The lowest BCUT2D eigenvalue weighted by Crippen LogP contribution is -2.37. The van der Waals surface area contributed by atoms with E-state index >= 15 is 0 Å². The maximum absolute atomic E-state index is 5.40. The number of benzene rings is 1. The molecule has 1 aliphatic heterocycles. The standard InChI is InChI=1S/C18H25N3OS/c1-16-15-23-18(19-14-17-6-3-2-4-7-17)21(16)9-5-8-20-10-12-22-13-11-20/h2-4,6-7,15H,5,8-14H2,1H3. The van der Waals surface area contributed by atoms with E-state index in [0.29, 0.717) is 0 Å². The van der Waals surface area contributed by atoms with Crippen LogP contribution in [0.5, 0.6) is 0 Å². The van der Waals surface area contributed by atoms with Gasteiger partial charge in [0.2, 0.25) is 0 Å². The van der Waals surface area contributed by atoms with Crippen molar-refractivity contribution in [3.05, 3.63) is 51.8 Å². The van der Waals surface area contributed by atoms with Crippen molar-refractivity contribution in [3.63, 3.8) is 0 Å². The van der Waals surface area contributed by atoms with E-state index in [-0.39, 0.29) is 0 Å². The van der Waals surface area contributed by atoms with Crippen LogP contribution in [0.4, 0.5) is 0 Å². The van der Waals surface area contributed by atoms with Crippen LogP contribution in [0.15, 0.2) is 40.7 Å². The first kappa shape index (κ1) is 16.4. The van der Waals surface area contributed by atoms with Crippen molar-refractivity contribution in [2.24, 2.45) is 4.99 Å². The molecule has 1 fully saturated rings. The molecule has 2 heterocycles. The molecule has 1 saturated heterocycles. The Morgan fingerprint density at radius 2 is 1.91 bits per heavy atom. The summed E-state index contributed by atoms with van der Waals surface area (Å²) >= 11 is 1.74. The molecule has 1 aromatic carbocycles. The van der Waals surface area contributed by atoms with E-state index in [2.05, 4.69) is 46.0 Å². The normalized spacial score (nSPS) is 16.8. The highest BCUT2D eigenvalue weighted by Gasteiger charge is 2.10. The SMILES string of the molecule is Cc1csc(=NCc2ccccc2)n1CCCN1CCOCC1. The summed E-state index contributed by atoms with van der Waals surface area (Å²) in [6, 6.07) is 10.5. The second-order valence-corrected chi connectivity index (χ2v) is 6.76. The lowest BCUT2D eigenvalue weighted by atomic mass is 10.2. The van der Waals surface area contributed by atoms with Crippen molar-refractivity contribution in [3.8, 4) is 0 Å². The Bertz CT molecular complexity index is 656. The predicted octanol–water partition coefficient (Wildman–Crippen LogP) is 2.68. The molecular formula is C18H25N3OS. The lowest BCUT2D eigenvalue weighted by molar-refractivity contribution is 0.0369. The summed E-state index contributed by atoms with van der Waals surface area (Å²) in [5, 5.41) is 2.21. The van der Waals surface area contributed by atoms with Crippen molar-refractivity contribution in [2.75, 3.05) is 32.8 Å². The Balaban J connectivity index is 1.59. The molecule has 23 heavy (non-hydrogen) atoms. The minimum Gasteiger partial charge on any atom is -0.379 e. The summed E-state index contributed by atoms with van der Waals surface area (Å²) in [6.07, 6.45) is 1.16. The first-order valence-electron chi connectivity index (χ1n) is 8.32. The van der Waals surface area contributed by atoms with E-state index in [1.807, 2.05) is 6.07 Å². The number of rotatable bonds is 6. The van der Waals surface area contributed by atoms with Crippen LogP contribution in [0.25, 0.3) is 0 Å². The molecule has 5 heteroatoms. The van der Waals surface area contributed by atoms with Gasteiger partial charge in [0.15, 0.2) is 4.80 Å². The van der Waals surface area contributed by atoms with E-state index in [4.69, 9.17) is 9.73 Å². The van der Waals surface area contributed by atoms with Gasteiger partial charge in [-0.05, 0) is 18.9 Å². The smallest absolute Gasteiger partial charge is 0.185 e. The number of hydrogen-bond acceptors (Lipinski definition) is 4. The fraction of sp³-hybridized carbons (Fsp3) is 0.500. The number of thiazole rings is 1. The molecule has 0 aliphatic carbocycles. The van der Waals surface area contributed by atoms with Gasteiger partial charge in [-0.1, -0.05) is 30.3 Å². The van der Waals surface area contributed by atoms with Crippen LogP contribution in [0.2, 0.25) is 0 Å². The van der Waals surface area contributed by atoms with E-state index in [9.17, 15) is 0 Å². The molecule has 1 aromatic heterocycles. The highest BCUT2D eigenvalue weighted by Crippen LogP contribution is 2.05. The maximum Gasteiger partial charge on any atom is 0.185 e. The van der Waals surface area contributed by atoms with Crippen LogP contribution >= 0.6 is 11.3 Å². The molecule has 0 amide bonds. The van der Waals surface area contributed by atoms with Crippen LogP contribution in [0, 0.1) is 6.92 Å². The number of aromatic nitrogens is 1. The Hall–Kier alpha value is -1.43. The average Bonchev–Trinajstić information content (AvgIpc) is 2.95. The predicted molar refractivity (Wildman–Crippen MR) is 94.6 cm³/mol. The van der Waals surface area contributed by atoms with Crippen LogP contribution in [0.3, 0.4) is 0 Å². The summed E-state index contributed by atoms with van der Waals surface area (Å²) in [5.41, 5.74) is 2.57. The van der Waals surface area contributed by atoms with Crippen molar-refractivity contribution in [1.29, 1.82) is 0 Å². The zero-order chi connectivity index (χ0) is 15.9. The van der Waals surface area contributed by atoms with Gasteiger partial charge in [-0.3, -0.25) is 9.89 Å². The van der Waals surface area contributed by atoms with Gasteiger partial charge in [0.25, 0.3) is 0 Å². The van der Waals surface area contributed by atoms with Crippen LogP contribution in [-0.4, -0.2) is 42.3 Å². The van der Waals surface area contributed by atoms with E-state index in [0.717, 1.165) is 57.2 Å². The largest absolute Gasteiger partial charge is 0.379 e. The Kier molecular flexibility index (Phi) is 6.02. The molecule has 0 unspecified atom stereocenters. The molecular weight excluding hydrogens is 306 g/mol. The Labute approximate surface area is 142 Å². The third-order valence-electron chi connectivity index (χ3n) is 4.19. The molecule has 0 bridgehead atoms. The molecule has 0 atom stereocenters. The molecule has 2 aromatic rings. The van der Waals surface area contributed by atoms with Gasteiger partial charge in [-0.15, -0.1) is 11.3 Å². The summed E-state index contributed by atoms with van der Waals surface area (Å²) in [6.45, 7) is 9.00. The van der Waals surface area contributed by atoms with Gasteiger partial charge in [0.05, 0.1) is 19.8 Å². The van der Waals surface area contributed by atoms with E-state index in [1.54, 1.807) is 11.3 Å². The minimum absolute atomic E-state index is 0.754. The molecule has 0 spiro atoms. The van der Waals surface area contributed by atoms with Crippen molar-refractivity contribution >= 4 is 11.3 Å². The topological polar surface area (TPSA) is 29.8 Å². The maximum atomic E-state index is 5.40. The van der Waals surface area contributed by atoms with Crippen LogP contribution in [-0.2, 0) is 17.8 Å². The van der Waals surface area contributed by atoms with Crippen molar-refractivity contribution in [2.45, 2.75) is 26.4 Å². The Morgan fingerprint density at radius 1 is 1.13 bits per heavy atom. The van der Waals surface area contributed by atoms with E-state index < -0.39 is 0 Å². The molecule has 124 valence electrons. The van der Waals surface area contributed by atoms with E-state index in [1.165, 1.54) is 11.3 Å². The van der Waals surface area contributed by atoms with Gasteiger partial charge in [0.1, 0.15) is 0 Å². The van der Waals surface area contributed by atoms with Crippen LogP contribution in [0.1, 0.15) is 17.7 Å². The fourth-order valence-corrected chi connectivity index (χ4v) is 3.74. The highest BCUT2D eigenvalue weighted by molar-refractivity contribution is 7.07. The van der Waals surface area contributed by atoms with Gasteiger partial charge >= 0.3 is 0 Å². The molecule has 4 nitrogen and oxygen atoms in total. The number of aryl methyl sites for hydroxylation is 1. The summed E-state index contributed by atoms with van der Waals surface area (Å²) in [7, 11) is 0. The molecule has 0 saturated carbocycles. The lowest BCUT2D eigenvalue weighted by Gasteiger charge is -2.26. The third-order valence-corrected chi connectivity index (χ3v) is 5.21. The van der Waals surface area contributed by atoms with Crippen molar-refractivity contribution < 1.29 is 4.74 Å². The minimum atomic E-state index is 0.754. The first-order chi connectivity index (χ1) is 11.3. The first-order valence-corrected chi connectivity index (χ1v) is 9.20. The van der Waals surface area contributed by atoms with Gasteiger partial charge in [-0.2, -0.15) is 0 Å². The number of ether oxygens (including phenoxy) is 1. The number of nitrogens with zero attached hydrogens (tertiary/aromatic N) is 3. The monoisotopic (exact) mass is 331 g/mol. The second-order valence-electron chi connectivity index (χ2n) is 5.92. The summed E-state index contributed by atoms with van der Waals surface area (Å²) in [4.78, 5) is 8.44. The molecule has 0 N–H and O–H groups in total. The third kappa shape index (κ3) is 4.77. The number of morpholine rings is 1. The zero-order valence-corrected chi connectivity index (χ0v) is 14.6. The van der Waals surface area contributed by atoms with Gasteiger partial charge in [-0.25, -0.2) is 0 Å². The fourth-order valence-electron chi connectivity index (χ4n) is 2.83. The highest BCUT2D eigenvalue weighted by atomic mass is 32.1. The number of hydrogen-bond donors (Lipinski definition) is 0. The average molecular weight is 331 g/mol. The summed E-state index contributed by atoms with van der Waals surface area (Å²) in [5.74, 6) is 0. The molecule has 3 rings (SSSR count). The molecule has 1 aliphatic rings. The Morgan fingerprint density at radius 3 is 2.70 bits per heavy atom. The van der Waals surface area contributed by atoms with Crippen molar-refractivity contribution in [1.82, 2.24) is 9.47 Å². The second kappa shape index (κ2) is 8.43. The van der Waals surface area contributed by atoms with Gasteiger partial charge in [0, 0.05) is 37.3 Å². The quantitative estimate of drug-likeness (QED) is 0.814.